The molecule has 0 aliphatic heterocycles. The van der Waals surface area contributed by atoms with Crippen LogP contribution >= 0.6 is 0 Å². The quantitative estimate of drug-likeness (QED) is 0.542. The number of imidazole rings is 1. The Hall–Kier alpha value is -3.08. The van der Waals surface area contributed by atoms with Crippen LogP contribution in [0.3, 0.4) is 0 Å². The average Bonchev–Trinajstić information content (AvgIpc) is 3.31. The summed E-state index contributed by atoms with van der Waals surface area (Å²) in [6.45, 7) is 3.89. The van der Waals surface area contributed by atoms with Gasteiger partial charge in [0.1, 0.15) is 17.3 Å². The van der Waals surface area contributed by atoms with Gasteiger partial charge in [0.25, 0.3) is 0 Å². The van der Waals surface area contributed by atoms with Gasteiger partial charge < -0.3 is 14.6 Å². The molecule has 1 saturated carbocycles. The van der Waals surface area contributed by atoms with Gasteiger partial charge in [-0.1, -0.05) is 17.3 Å². The zero-order valence-corrected chi connectivity index (χ0v) is 14.7. The minimum atomic E-state index is 0.259. The molecule has 5 heteroatoms. The molecule has 0 atom stereocenters. The molecule has 0 radical (unpaired) electrons. The topological polar surface area (TPSA) is 74.9 Å². The van der Waals surface area contributed by atoms with Gasteiger partial charge in [0.05, 0.1) is 16.7 Å². The normalized spacial score (nSPS) is 14.2. The van der Waals surface area contributed by atoms with Gasteiger partial charge in [0, 0.05) is 17.0 Å². The maximum Gasteiger partial charge on any atom is 0.141 e. The Balaban J connectivity index is 1.78. The molecule has 5 nitrogen and oxygen atoms in total. The number of rotatable bonds is 3. The number of phenolic OH excluding ortho intramolecular Hbond substituents is 1. The number of hydrogen-bond acceptors (Lipinski definition) is 4. The van der Waals surface area contributed by atoms with Gasteiger partial charge in [-0.25, -0.2) is 4.98 Å². The van der Waals surface area contributed by atoms with E-state index in [4.69, 9.17) is 9.51 Å². The second kappa shape index (κ2) is 5.46. The molecule has 0 amide bonds. The molecule has 26 heavy (non-hydrogen) atoms. The Morgan fingerprint density at radius 3 is 2.50 bits per heavy atom. The SMILES string of the molecule is Cc1noc(C)c1-c1cc(-c2ccc(O)cc2)c2[nH]c(C3CC3)nc2c1. The highest BCUT2D eigenvalue weighted by Crippen LogP contribution is 2.41. The Labute approximate surface area is 150 Å². The molecule has 2 aromatic heterocycles. The summed E-state index contributed by atoms with van der Waals surface area (Å²) in [5.41, 5.74) is 7.02. The van der Waals surface area contributed by atoms with Crippen molar-refractivity contribution in [2.45, 2.75) is 32.6 Å². The molecule has 2 aromatic carbocycles. The lowest BCUT2D eigenvalue weighted by atomic mass is 9.96. The number of aryl methyl sites for hydroxylation is 2. The Kier molecular flexibility index (Phi) is 3.19. The zero-order chi connectivity index (χ0) is 17.8. The second-order valence-corrected chi connectivity index (χ2v) is 7.06. The summed E-state index contributed by atoms with van der Waals surface area (Å²) in [7, 11) is 0. The lowest BCUT2D eigenvalue weighted by Gasteiger charge is -2.08. The summed E-state index contributed by atoms with van der Waals surface area (Å²) in [6.07, 6.45) is 2.40. The molecule has 1 aliphatic carbocycles. The third-order valence-corrected chi connectivity index (χ3v) is 5.08. The van der Waals surface area contributed by atoms with E-state index >= 15 is 0 Å². The number of nitrogens with zero attached hydrogens (tertiary/aromatic N) is 2. The van der Waals surface area contributed by atoms with Gasteiger partial charge in [-0.3, -0.25) is 0 Å². The molecule has 2 N–H and O–H groups in total. The van der Waals surface area contributed by atoms with Crippen LogP contribution in [0.2, 0.25) is 0 Å². The third kappa shape index (κ3) is 2.39. The van der Waals surface area contributed by atoms with E-state index in [1.807, 2.05) is 26.0 Å². The van der Waals surface area contributed by atoms with Crippen molar-refractivity contribution in [1.29, 1.82) is 0 Å². The van der Waals surface area contributed by atoms with Crippen LogP contribution < -0.4 is 0 Å². The first-order valence-corrected chi connectivity index (χ1v) is 8.86. The van der Waals surface area contributed by atoms with Crippen molar-refractivity contribution in [2.24, 2.45) is 0 Å². The van der Waals surface area contributed by atoms with Crippen molar-refractivity contribution in [1.82, 2.24) is 15.1 Å². The van der Waals surface area contributed by atoms with Crippen LogP contribution in [0.15, 0.2) is 40.9 Å². The molecule has 0 saturated heterocycles. The fourth-order valence-corrected chi connectivity index (χ4v) is 3.59. The van der Waals surface area contributed by atoms with Crippen LogP contribution in [0.5, 0.6) is 5.75 Å². The van der Waals surface area contributed by atoms with E-state index in [1.54, 1.807) is 12.1 Å². The highest BCUT2D eigenvalue weighted by molar-refractivity contribution is 5.96. The molecule has 130 valence electrons. The Bertz CT molecular complexity index is 1100. The highest BCUT2D eigenvalue weighted by Gasteiger charge is 2.27. The first-order valence-electron chi connectivity index (χ1n) is 8.86. The second-order valence-electron chi connectivity index (χ2n) is 7.06. The minimum absolute atomic E-state index is 0.259. The number of H-pyrrole nitrogens is 1. The molecule has 4 aromatic rings. The van der Waals surface area contributed by atoms with Crippen LogP contribution in [0, 0.1) is 13.8 Å². The zero-order valence-electron chi connectivity index (χ0n) is 14.7. The molecule has 2 heterocycles. The van der Waals surface area contributed by atoms with Crippen molar-refractivity contribution >= 4 is 11.0 Å². The molecule has 5 rings (SSSR count). The highest BCUT2D eigenvalue weighted by atomic mass is 16.5. The summed E-state index contributed by atoms with van der Waals surface area (Å²) in [5, 5.41) is 13.7. The lowest BCUT2D eigenvalue weighted by molar-refractivity contribution is 0.393. The summed E-state index contributed by atoms with van der Waals surface area (Å²) >= 11 is 0. The molecule has 0 bridgehead atoms. The number of hydrogen-bond donors (Lipinski definition) is 2. The number of aromatic nitrogens is 3. The fourth-order valence-electron chi connectivity index (χ4n) is 3.59. The van der Waals surface area contributed by atoms with Gasteiger partial charge in [-0.2, -0.15) is 0 Å². The molecule has 1 fully saturated rings. The number of aromatic hydroxyl groups is 1. The maximum absolute atomic E-state index is 9.64. The number of benzene rings is 2. The third-order valence-electron chi connectivity index (χ3n) is 5.08. The predicted octanol–water partition coefficient (Wildman–Crippen LogP) is 5.08. The summed E-state index contributed by atoms with van der Waals surface area (Å²) in [4.78, 5) is 8.38. The predicted molar refractivity (Wildman–Crippen MR) is 100 cm³/mol. The summed E-state index contributed by atoms with van der Waals surface area (Å²) < 4.78 is 5.37. The van der Waals surface area contributed by atoms with Crippen molar-refractivity contribution in [3.8, 4) is 28.0 Å². The lowest BCUT2D eigenvalue weighted by Crippen LogP contribution is -1.87. The van der Waals surface area contributed by atoms with Crippen molar-refractivity contribution < 1.29 is 9.63 Å². The van der Waals surface area contributed by atoms with Gasteiger partial charge >= 0.3 is 0 Å². The number of phenols is 1. The van der Waals surface area contributed by atoms with E-state index < -0.39 is 0 Å². The molecular weight excluding hydrogens is 326 g/mol. The van der Waals surface area contributed by atoms with E-state index in [2.05, 4.69) is 22.3 Å². The fraction of sp³-hybridized carbons (Fsp3) is 0.238. The van der Waals surface area contributed by atoms with Crippen LogP contribution in [-0.4, -0.2) is 20.2 Å². The first kappa shape index (κ1) is 15.2. The van der Waals surface area contributed by atoms with E-state index in [1.165, 1.54) is 12.8 Å². The Morgan fingerprint density at radius 1 is 1.08 bits per heavy atom. The molecule has 0 spiro atoms. The number of fused-ring (bicyclic) bond motifs is 1. The Morgan fingerprint density at radius 2 is 1.85 bits per heavy atom. The van der Waals surface area contributed by atoms with Gasteiger partial charge in [0.15, 0.2) is 0 Å². The van der Waals surface area contributed by atoms with E-state index in [9.17, 15) is 5.11 Å². The smallest absolute Gasteiger partial charge is 0.141 e. The molecule has 0 unspecified atom stereocenters. The average molecular weight is 345 g/mol. The van der Waals surface area contributed by atoms with Crippen LogP contribution in [0.4, 0.5) is 0 Å². The van der Waals surface area contributed by atoms with Gasteiger partial charge in [0.2, 0.25) is 0 Å². The van der Waals surface area contributed by atoms with E-state index in [0.29, 0.717) is 5.92 Å². The standard InChI is InChI=1S/C21H19N3O2/c1-11-19(12(2)26-24-11)15-9-17(13-5-7-16(25)8-6-13)20-18(10-15)22-21(23-20)14-3-4-14/h5-10,14,25H,3-4H2,1-2H3,(H,22,23). The van der Waals surface area contributed by atoms with E-state index in [-0.39, 0.29) is 5.75 Å². The molecular formula is C21H19N3O2. The maximum atomic E-state index is 9.64. The monoisotopic (exact) mass is 345 g/mol. The van der Waals surface area contributed by atoms with Gasteiger partial charge in [-0.15, -0.1) is 0 Å². The van der Waals surface area contributed by atoms with Crippen LogP contribution in [0.1, 0.15) is 36.0 Å². The summed E-state index contributed by atoms with van der Waals surface area (Å²) in [6, 6.07) is 11.5. The largest absolute Gasteiger partial charge is 0.508 e. The van der Waals surface area contributed by atoms with Crippen LogP contribution in [0.25, 0.3) is 33.3 Å². The van der Waals surface area contributed by atoms with Crippen molar-refractivity contribution in [3.63, 3.8) is 0 Å². The van der Waals surface area contributed by atoms with Crippen LogP contribution in [-0.2, 0) is 0 Å². The molecule has 1 aliphatic rings. The van der Waals surface area contributed by atoms with Gasteiger partial charge in [-0.05, 0) is 62.1 Å². The van der Waals surface area contributed by atoms with Crippen molar-refractivity contribution in [3.05, 3.63) is 53.7 Å². The minimum Gasteiger partial charge on any atom is -0.508 e. The first-order chi connectivity index (χ1) is 12.6. The van der Waals surface area contributed by atoms with Crippen molar-refractivity contribution in [2.75, 3.05) is 0 Å². The summed E-state index contributed by atoms with van der Waals surface area (Å²) in [5.74, 6) is 2.68. The number of nitrogens with one attached hydrogen (secondary N) is 1. The number of aromatic amines is 1. The van der Waals surface area contributed by atoms with E-state index in [0.717, 1.165) is 50.6 Å².